The Bertz CT molecular complexity index is 328. The number of aliphatic carboxylic acids is 2. The van der Waals surface area contributed by atoms with Crippen LogP contribution in [0.5, 0.6) is 0 Å². The van der Waals surface area contributed by atoms with Crippen LogP contribution in [-0.2, 0) is 9.59 Å². The molecule has 0 rings (SSSR count). The van der Waals surface area contributed by atoms with Crippen molar-refractivity contribution in [2.24, 2.45) is 10.8 Å². The number of rotatable bonds is 10. The topological polar surface area (TPSA) is 196 Å². The summed E-state index contributed by atoms with van der Waals surface area (Å²) in [5, 5.41) is 67.1. The summed E-state index contributed by atoms with van der Waals surface area (Å²) >= 11 is 0. The largest absolute Gasteiger partial charge is 0.478 e. The van der Waals surface area contributed by atoms with Crippen molar-refractivity contribution < 1.29 is 50.4 Å². The lowest BCUT2D eigenvalue weighted by molar-refractivity contribution is -0.132. The van der Waals surface area contributed by atoms with Gasteiger partial charge >= 0.3 is 11.9 Å². The molecule has 0 aliphatic heterocycles. The van der Waals surface area contributed by atoms with Gasteiger partial charge in [-0.25, -0.2) is 9.59 Å². The van der Waals surface area contributed by atoms with Gasteiger partial charge in [0.25, 0.3) is 0 Å². The summed E-state index contributed by atoms with van der Waals surface area (Å²) in [6.07, 6.45) is 2.85. The minimum absolute atomic E-state index is 0.156. The quantitative estimate of drug-likeness (QED) is 0.211. The molecule has 0 bridgehead atoms. The molecule has 168 valence electrons. The highest BCUT2D eigenvalue weighted by atomic mass is 16.4. The van der Waals surface area contributed by atoms with Crippen LogP contribution in [0.3, 0.4) is 0 Å². The number of aliphatic hydroxyl groups is 6. The van der Waals surface area contributed by atoms with Gasteiger partial charge in [0.1, 0.15) is 0 Å². The molecule has 28 heavy (non-hydrogen) atoms. The van der Waals surface area contributed by atoms with E-state index in [9.17, 15) is 9.59 Å². The molecule has 0 radical (unpaired) electrons. The molecule has 0 aromatic rings. The molecule has 10 nitrogen and oxygen atoms in total. The number of carboxylic acids is 2. The van der Waals surface area contributed by atoms with Crippen LogP contribution < -0.4 is 0 Å². The van der Waals surface area contributed by atoms with Crippen molar-refractivity contribution in [1.29, 1.82) is 0 Å². The Kier molecular flexibility index (Phi) is 25.9. The van der Waals surface area contributed by atoms with Crippen LogP contribution in [0.1, 0.15) is 26.7 Å². The highest BCUT2D eigenvalue weighted by Crippen LogP contribution is 2.18. The Hall–Kier alpha value is -1.82. The Morgan fingerprint density at radius 1 is 0.643 bits per heavy atom. The highest BCUT2D eigenvalue weighted by Gasteiger charge is 2.25. The van der Waals surface area contributed by atoms with Crippen molar-refractivity contribution in [3.63, 3.8) is 0 Å². The highest BCUT2D eigenvalue weighted by molar-refractivity contribution is 5.79. The maximum Gasteiger partial charge on any atom is 0.327 e. The van der Waals surface area contributed by atoms with E-state index in [0.717, 1.165) is 12.2 Å². The Morgan fingerprint density at radius 3 is 0.786 bits per heavy atom. The first kappa shape index (κ1) is 33.7. The van der Waals surface area contributed by atoms with E-state index in [1.54, 1.807) is 0 Å². The second kappa shape index (κ2) is 21.5. The van der Waals surface area contributed by atoms with Gasteiger partial charge in [0, 0.05) is 23.0 Å². The average molecular weight is 412 g/mol. The van der Waals surface area contributed by atoms with Gasteiger partial charge in [0.05, 0.1) is 39.6 Å². The third kappa shape index (κ3) is 19.0. The molecule has 0 atom stereocenters. The van der Waals surface area contributed by atoms with Crippen LogP contribution in [0.4, 0.5) is 0 Å². The number of carboxylic acid groups (broad SMARTS) is 2. The minimum atomic E-state index is -0.981. The molecule has 0 aliphatic carbocycles. The zero-order valence-electron chi connectivity index (χ0n) is 16.6. The molecule has 0 saturated carbocycles. The average Bonchev–Trinajstić information content (AvgIpc) is 2.73. The molecule has 0 spiro atoms. The molecule has 10 heteroatoms. The summed E-state index contributed by atoms with van der Waals surface area (Å²) in [4.78, 5) is 18.5. The van der Waals surface area contributed by atoms with Gasteiger partial charge in [-0.1, -0.05) is 27.0 Å². The molecule has 0 aliphatic rings. The van der Waals surface area contributed by atoms with Crippen molar-refractivity contribution in [3.05, 3.63) is 25.3 Å². The third-order valence-corrected chi connectivity index (χ3v) is 3.86. The van der Waals surface area contributed by atoms with Gasteiger partial charge in [0.15, 0.2) is 0 Å². The van der Waals surface area contributed by atoms with E-state index >= 15 is 0 Å². The van der Waals surface area contributed by atoms with Crippen LogP contribution >= 0.6 is 0 Å². The summed E-state index contributed by atoms with van der Waals surface area (Å²) in [6.45, 7) is 8.63. The van der Waals surface area contributed by atoms with E-state index in [4.69, 9.17) is 40.9 Å². The molecule has 0 fully saturated rings. The van der Waals surface area contributed by atoms with E-state index in [2.05, 4.69) is 13.2 Å². The van der Waals surface area contributed by atoms with Crippen molar-refractivity contribution in [3.8, 4) is 0 Å². The zero-order chi connectivity index (χ0) is 23.2. The van der Waals surface area contributed by atoms with Gasteiger partial charge in [-0.05, 0) is 12.8 Å². The Balaban J connectivity index is -0.000000143. The second-order valence-electron chi connectivity index (χ2n) is 5.74. The van der Waals surface area contributed by atoms with E-state index in [-0.39, 0.29) is 39.6 Å². The summed E-state index contributed by atoms with van der Waals surface area (Å²) < 4.78 is 0. The maximum atomic E-state index is 9.25. The summed E-state index contributed by atoms with van der Waals surface area (Å²) in [6, 6.07) is 0. The van der Waals surface area contributed by atoms with Gasteiger partial charge < -0.3 is 40.9 Å². The number of hydrogen-bond donors (Lipinski definition) is 8. The summed E-state index contributed by atoms with van der Waals surface area (Å²) in [7, 11) is 0. The molecular formula is C18H36O10. The smallest absolute Gasteiger partial charge is 0.327 e. The lowest BCUT2D eigenvalue weighted by Crippen LogP contribution is -2.32. The Labute approximate surface area is 165 Å². The predicted octanol–water partition coefficient (Wildman–Crippen LogP) is -0.767. The third-order valence-electron chi connectivity index (χ3n) is 3.86. The van der Waals surface area contributed by atoms with Crippen LogP contribution in [-0.4, -0.2) is 92.4 Å². The monoisotopic (exact) mass is 412 g/mol. The molecule has 0 amide bonds. The van der Waals surface area contributed by atoms with Gasteiger partial charge in [-0.15, -0.1) is 0 Å². The SMILES string of the molecule is C=CC(=O)O.C=CC(=O)O.CCC(CO)(CO)CO.CCC(CO)(CO)CO. The van der Waals surface area contributed by atoms with Crippen molar-refractivity contribution >= 4 is 11.9 Å². The summed E-state index contributed by atoms with van der Waals surface area (Å²) in [5.74, 6) is -1.96. The molecule has 0 heterocycles. The molecule has 0 aromatic heterocycles. The van der Waals surface area contributed by atoms with E-state index in [0.29, 0.717) is 12.8 Å². The van der Waals surface area contributed by atoms with Crippen molar-refractivity contribution in [2.45, 2.75) is 26.7 Å². The lowest BCUT2D eigenvalue weighted by atomic mass is 9.88. The molecule has 8 N–H and O–H groups in total. The standard InChI is InChI=1S/2C6H14O3.2C3H4O2/c2*1-2-6(3-7,4-8)5-9;2*1-2-3(4)5/h2*7-9H,2-5H2,1H3;2*2H,1H2,(H,4,5). The van der Waals surface area contributed by atoms with Crippen LogP contribution in [0.15, 0.2) is 25.3 Å². The zero-order valence-corrected chi connectivity index (χ0v) is 16.6. The van der Waals surface area contributed by atoms with E-state index in [1.165, 1.54) is 0 Å². The fraction of sp³-hybridized carbons (Fsp3) is 0.667. The number of aliphatic hydroxyl groups excluding tert-OH is 6. The van der Waals surface area contributed by atoms with Crippen molar-refractivity contribution in [1.82, 2.24) is 0 Å². The minimum Gasteiger partial charge on any atom is -0.478 e. The van der Waals surface area contributed by atoms with E-state index < -0.39 is 22.8 Å². The van der Waals surface area contributed by atoms with Crippen LogP contribution in [0.25, 0.3) is 0 Å². The Morgan fingerprint density at radius 2 is 0.786 bits per heavy atom. The van der Waals surface area contributed by atoms with Crippen LogP contribution in [0.2, 0.25) is 0 Å². The van der Waals surface area contributed by atoms with E-state index in [1.807, 2.05) is 13.8 Å². The van der Waals surface area contributed by atoms with Gasteiger partial charge in [-0.2, -0.15) is 0 Å². The van der Waals surface area contributed by atoms with Crippen LogP contribution in [0, 0.1) is 10.8 Å². The first-order valence-corrected chi connectivity index (χ1v) is 8.39. The lowest BCUT2D eigenvalue weighted by Gasteiger charge is -2.24. The normalized spacial score (nSPS) is 10.0. The fourth-order valence-corrected chi connectivity index (χ4v) is 0.971. The molecule has 0 aromatic carbocycles. The first-order chi connectivity index (χ1) is 13.0. The number of hydrogen-bond acceptors (Lipinski definition) is 8. The van der Waals surface area contributed by atoms with Gasteiger partial charge in [-0.3, -0.25) is 0 Å². The number of carbonyl (C=O) groups is 2. The maximum absolute atomic E-state index is 9.25. The molecule has 0 saturated heterocycles. The predicted molar refractivity (Wildman–Crippen MR) is 104 cm³/mol. The van der Waals surface area contributed by atoms with Crippen molar-refractivity contribution in [2.75, 3.05) is 39.6 Å². The second-order valence-corrected chi connectivity index (χ2v) is 5.74. The first-order valence-electron chi connectivity index (χ1n) is 8.39. The molecular weight excluding hydrogens is 376 g/mol. The molecule has 0 unspecified atom stereocenters. The fourth-order valence-electron chi connectivity index (χ4n) is 0.971. The summed E-state index contributed by atoms with van der Waals surface area (Å²) in [5.41, 5.74) is -1.33. The van der Waals surface area contributed by atoms with Gasteiger partial charge in [0.2, 0.25) is 0 Å².